The molecule has 0 spiro atoms. The van der Waals surface area contributed by atoms with Gasteiger partial charge in [0.25, 0.3) is 0 Å². The Labute approximate surface area is 158 Å². The third kappa shape index (κ3) is 5.92. The average molecular weight is 372 g/mol. The van der Waals surface area contributed by atoms with E-state index in [9.17, 15) is 5.11 Å². The van der Waals surface area contributed by atoms with Crippen LogP contribution in [0.25, 0.3) is 0 Å². The summed E-state index contributed by atoms with van der Waals surface area (Å²) in [5.74, 6) is 1.60. The van der Waals surface area contributed by atoms with Crippen molar-refractivity contribution in [3.05, 3.63) is 89.3 Å². The molecule has 0 aliphatic rings. The number of hydrogen-bond acceptors (Lipinski definition) is 4. The summed E-state index contributed by atoms with van der Waals surface area (Å²) in [6.45, 7) is 1.94. The topological polar surface area (TPSA) is 45.8 Å². The van der Waals surface area contributed by atoms with Gasteiger partial charge in [-0.25, -0.2) is 0 Å². The lowest BCUT2D eigenvalue weighted by Crippen LogP contribution is -2.35. The lowest BCUT2D eigenvalue weighted by molar-refractivity contribution is 0.0605. The molecule has 1 N–H and O–H groups in total. The Balaban J connectivity index is 1.60. The number of benzene rings is 2. The zero-order valence-electron chi connectivity index (χ0n) is 14.4. The first-order valence-corrected chi connectivity index (χ1v) is 8.92. The van der Waals surface area contributed by atoms with Crippen LogP contribution in [0, 0.1) is 0 Å². The van der Waals surface area contributed by atoms with Gasteiger partial charge < -0.3 is 14.3 Å². The first kappa shape index (κ1) is 18.5. The van der Waals surface area contributed by atoms with Gasteiger partial charge >= 0.3 is 0 Å². The smallest absolute Gasteiger partial charge is 0.119 e. The molecule has 2 aromatic carbocycles. The van der Waals surface area contributed by atoms with Gasteiger partial charge in [-0.3, -0.25) is 4.90 Å². The highest BCUT2D eigenvalue weighted by molar-refractivity contribution is 6.30. The fourth-order valence-electron chi connectivity index (χ4n) is 2.76. The van der Waals surface area contributed by atoms with Gasteiger partial charge in [0.2, 0.25) is 0 Å². The van der Waals surface area contributed by atoms with Gasteiger partial charge in [-0.2, -0.15) is 0 Å². The molecule has 3 rings (SSSR count). The van der Waals surface area contributed by atoms with Crippen molar-refractivity contribution in [3.63, 3.8) is 0 Å². The number of rotatable bonds is 9. The fraction of sp³-hybridized carbons (Fsp3) is 0.238. The van der Waals surface area contributed by atoms with Crippen LogP contribution >= 0.6 is 11.6 Å². The molecule has 0 radical (unpaired) electrons. The van der Waals surface area contributed by atoms with Crippen LogP contribution in [-0.4, -0.2) is 29.3 Å². The van der Waals surface area contributed by atoms with Crippen LogP contribution in [0.15, 0.2) is 77.4 Å². The largest absolute Gasteiger partial charge is 0.491 e. The molecule has 0 aliphatic carbocycles. The molecule has 136 valence electrons. The molecule has 1 unspecified atom stereocenters. The lowest BCUT2D eigenvalue weighted by atomic mass is 10.2. The second kappa shape index (κ2) is 9.43. The van der Waals surface area contributed by atoms with Gasteiger partial charge in [-0.1, -0.05) is 41.9 Å². The van der Waals surface area contributed by atoms with Gasteiger partial charge in [0, 0.05) is 18.1 Å². The molecule has 0 saturated carbocycles. The van der Waals surface area contributed by atoms with E-state index >= 15 is 0 Å². The summed E-state index contributed by atoms with van der Waals surface area (Å²) in [6, 6.07) is 21.0. The summed E-state index contributed by atoms with van der Waals surface area (Å²) in [5, 5.41) is 11.1. The highest BCUT2D eigenvalue weighted by Gasteiger charge is 2.15. The minimum Gasteiger partial charge on any atom is -0.491 e. The van der Waals surface area contributed by atoms with Crippen LogP contribution in [0.4, 0.5) is 0 Å². The molecule has 26 heavy (non-hydrogen) atoms. The number of para-hydroxylation sites is 1. The standard InChI is InChI=1S/C21H22ClNO3/c22-18-7-4-6-17(12-18)13-23(15-21-10-5-11-25-21)14-19(24)16-26-20-8-2-1-3-9-20/h1-12,19,24H,13-16H2. The lowest BCUT2D eigenvalue weighted by Gasteiger charge is -2.24. The van der Waals surface area contributed by atoms with Crippen LogP contribution < -0.4 is 4.74 Å². The molecule has 0 amide bonds. The maximum Gasteiger partial charge on any atom is 0.119 e. The Morgan fingerprint density at radius 3 is 2.58 bits per heavy atom. The quantitative estimate of drug-likeness (QED) is 0.606. The summed E-state index contributed by atoms with van der Waals surface area (Å²) >= 11 is 6.09. The van der Waals surface area contributed by atoms with Gasteiger partial charge in [-0.15, -0.1) is 0 Å². The molecule has 0 bridgehead atoms. The van der Waals surface area contributed by atoms with E-state index in [1.165, 1.54) is 0 Å². The summed E-state index contributed by atoms with van der Waals surface area (Å²) in [7, 11) is 0. The molecule has 1 aromatic heterocycles. The van der Waals surface area contributed by atoms with E-state index in [2.05, 4.69) is 4.90 Å². The maximum atomic E-state index is 10.4. The number of aliphatic hydroxyl groups excluding tert-OH is 1. The van der Waals surface area contributed by atoms with Crippen molar-refractivity contribution in [2.75, 3.05) is 13.2 Å². The average Bonchev–Trinajstić information content (AvgIpc) is 3.14. The van der Waals surface area contributed by atoms with Gasteiger partial charge in [-0.05, 0) is 42.0 Å². The molecule has 3 aromatic rings. The van der Waals surface area contributed by atoms with Crippen LogP contribution in [0.5, 0.6) is 5.75 Å². The monoisotopic (exact) mass is 371 g/mol. The Hall–Kier alpha value is -2.27. The van der Waals surface area contributed by atoms with Crippen molar-refractivity contribution in [1.82, 2.24) is 4.90 Å². The normalized spacial score (nSPS) is 12.3. The van der Waals surface area contributed by atoms with Crippen molar-refractivity contribution >= 4 is 11.6 Å². The maximum absolute atomic E-state index is 10.4. The number of nitrogens with zero attached hydrogens (tertiary/aromatic N) is 1. The first-order valence-electron chi connectivity index (χ1n) is 8.54. The molecular formula is C21H22ClNO3. The van der Waals surface area contributed by atoms with Crippen molar-refractivity contribution in [2.24, 2.45) is 0 Å². The summed E-state index contributed by atoms with van der Waals surface area (Å²) in [5.41, 5.74) is 1.08. The fourth-order valence-corrected chi connectivity index (χ4v) is 2.97. The van der Waals surface area contributed by atoms with E-state index in [-0.39, 0.29) is 6.61 Å². The molecular weight excluding hydrogens is 350 g/mol. The van der Waals surface area contributed by atoms with Crippen LogP contribution in [0.2, 0.25) is 5.02 Å². The van der Waals surface area contributed by atoms with E-state index in [0.717, 1.165) is 17.1 Å². The van der Waals surface area contributed by atoms with Crippen molar-refractivity contribution < 1.29 is 14.3 Å². The zero-order chi connectivity index (χ0) is 18.2. The van der Waals surface area contributed by atoms with Crippen molar-refractivity contribution in [1.29, 1.82) is 0 Å². The summed E-state index contributed by atoms with van der Waals surface area (Å²) in [6.07, 6.45) is 1.03. The Morgan fingerprint density at radius 1 is 1.00 bits per heavy atom. The number of hydrogen-bond donors (Lipinski definition) is 1. The molecule has 0 saturated heterocycles. The van der Waals surface area contributed by atoms with Crippen molar-refractivity contribution in [2.45, 2.75) is 19.2 Å². The SMILES string of the molecule is OC(COc1ccccc1)CN(Cc1cccc(Cl)c1)Cc1ccco1. The van der Waals surface area contributed by atoms with Crippen LogP contribution in [0.3, 0.4) is 0 Å². The Morgan fingerprint density at radius 2 is 1.85 bits per heavy atom. The number of aliphatic hydroxyl groups is 1. The van der Waals surface area contributed by atoms with E-state index in [1.807, 2.05) is 66.7 Å². The Bertz CT molecular complexity index is 777. The minimum absolute atomic E-state index is 0.230. The van der Waals surface area contributed by atoms with E-state index < -0.39 is 6.10 Å². The van der Waals surface area contributed by atoms with Gasteiger partial charge in [0.05, 0.1) is 12.8 Å². The first-order chi connectivity index (χ1) is 12.7. The predicted octanol–water partition coefficient (Wildman–Crippen LogP) is 4.38. The molecule has 1 atom stereocenters. The number of halogens is 1. The van der Waals surface area contributed by atoms with E-state index in [0.29, 0.717) is 24.7 Å². The molecule has 1 heterocycles. The molecule has 0 fully saturated rings. The molecule has 5 heteroatoms. The molecule has 0 aliphatic heterocycles. The molecule has 4 nitrogen and oxygen atoms in total. The van der Waals surface area contributed by atoms with Crippen molar-refractivity contribution in [3.8, 4) is 5.75 Å². The highest BCUT2D eigenvalue weighted by atomic mass is 35.5. The Kier molecular flexibility index (Phi) is 6.72. The second-order valence-electron chi connectivity index (χ2n) is 6.16. The van der Waals surface area contributed by atoms with Gasteiger partial charge in [0.15, 0.2) is 0 Å². The third-order valence-corrected chi connectivity index (χ3v) is 4.14. The van der Waals surface area contributed by atoms with E-state index in [1.54, 1.807) is 6.26 Å². The second-order valence-corrected chi connectivity index (χ2v) is 6.59. The predicted molar refractivity (Wildman–Crippen MR) is 102 cm³/mol. The number of furan rings is 1. The van der Waals surface area contributed by atoms with Crippen LogP contribution in [-0.2, 0) is 13.1 Å². The van der Waals surface area contributed by atoms with Gasteiger partial charge in [0.1, 0.15) is 24.2 Å². The third-order valence-electron chi connectivity index (χ3n) is 3.91. The van der Waals surface area contributed by atoms with Crippen LogP contribution in [0.1, 0.15) is 11.3 Å². The zero-order valence-corrected chi connectivity index (χ0v) is 15.2. The minimum atomic E-state index is -0.621. The summed E-state index contributed by atoms with van der Waals surface area (Å²) in [4.78, 5) is 2.11. The van der Waals surface area contributed by atoms with E-state index in [4.69, 9.17) is 20.8 Å². The number of ether oxygens (including phenoxy) is 1. The summed E-state index contributed by atoms with van der Waals surface area (Å²) < 4.78 is 11.1. The highest BCUT2D eigenvalue weighted by Crippen LogP contribution is 2.16.